The molecule has 1 aromatic heterocycles. The van der Waals surface area contributed by atoms with Crippen molar-refractivity contribution in [3.05, 3.63) is 59.9 Å². The van der Waals surface area contributed by atoms with E-state index < -0.39 is 0 Å². The number of nitrogens with zero attached hydrogens (tertiary/aromatic N) is 1. The van der Waals surface area contributed by atoms with Crippen LogP contribution in [0.2, 0.25) is 0 Å². The second-order valence-electron chi connectivity index (χ2n) is 4.48. The van der Waals surface area contributed by atoms with Gasteiger partial charge in [0.2, 0.25) is 0 Å². The Bertz CT molecular complexity index is 555. The van der Waals surface area contributed by atoms with Crippen molar-refractivity contribution >= 4 is 5.91 Å². The van der Waals surface area contributed by atoms with Gasteiger partial charge in [-0.25, -0.2) is 0 Å². The fraction of sp³-hybridized carbons (Fsp3) is 0.250. The van der Waals surface area contributed by atoms with Crippen LogP contribution in [-0.4, -0.2) is 24.0 Å². The van der Waals surface area contributed by atoms with Gasteiger partial charge in [-0.3, -0.25) is 9.78 Å². The zero-order chi connectivity index (χ0) is 14.2. The zero-order valence-electron chi connectivity index (χ0n) is 11.5. The number of hydrogen-bond acceptors (Lipinski definition) is 3. The highest BCUT2D eigenvalue weighted by Gasteiger charge is 2.04. The molecule has 2 aromatic rings. The second-order valence-corrected chi connectivity index (χ2v) is 4.48. The maximum Gasteiger partial charge on any atom is 0.257 e. The molecule has 1 N–H and O–H groups in total. The first-order valence-corrected chi connectivity index (χ1v) is 6.61. The van der Waals surface area contributed by atoms with Gasteiger partial charge in [-0.2, -0.15) is 0 Å². The summed E-state index contributed by atoms with van der Waals surface area (Å²) >= 11 is 0. The van der Waals surface area contributed by atoms with E-state index in [4.69, 9.17) is 4.74 Å². The Hall–Kier alpha value is -2.36. The molecule has 0 aliphatic heterocycles. The number of pyridine rings is 1. The molecule has 1 heterocycles. The molecule has 0 saturated heterocycles. The zero-order valence-corrected chi connectivity index (χ0v) is 11.5. The second kappa shape index (κ2) is 7.28. The van der Waals surface area contributed by atoms with Crippen LogP contribution < -0.4 is 10.1 Å². The summed E-state index contributed by atoms with van der Waals surface area (Å²) in [4.78, 5) is 15.9. The van der Waals surface area contributed by atoms with E-state index in [1.165, 1.54) is 0 Å². The minimum atomic E-state index is -0.121. The van der Waals surface area contributed by atoms with E-state index in [9.17, 15) is 4.79 Å². The van der Waals surface area contributed by atoms with E-state index in [1.54, 1.807) is 6.20 Å². The highest BCUT2D eigenvalue weighted by atomic mass is 16.5. The van der Waals surface area contributed by atoms with Crippen LogP contribution >= 0.6 is 0 Å². The molecule has 0 atom stereocenters. The number of aryl methyl sites for hydroxylation is 1. The molecule has 1 aromatic carbocycles. The highest BCUT2D eigenvalue weighted by molar-refractivity contribution is 5.77. The van der Waals surface area contributed by atoms with Gasteiger partial charge in [-0.05, 0) is 30.7 Å². The SMILES string of the molecule is Cc1ccccc1OCC(=O)NCCc1ccccn1. The number of carbonyl (C=O) groups is 1. The van der Waals surface area contributed by atoms with Gasteiger partial charge in [-0.1, -0.05) is 24.3 Å². The minimum Gasteiger partial charge on any atom is -0.484 e. The molecular weight excluding hydrogens is 252 g/mol. The number of nitrogens with one attached hydrogen (secondary N) is 1. The van der Waals surface area contributed by atoms with Crippen LogP contribution in [-0.2, 0) is 11.2 Å². The molecule has 0 radical (unpaired) electrons. The number of rotatable bonds is 6. The monoisotopic (exact) mass is 270 g/mol. The van der Waals surface area contributed by atoms with E-state index in [2.05, 4.69) is 10.3 Å². The van der Waals surface area contributed by atoms with Crippen LogP contribution in [0.25, 0.3) is 0 Å². The van der Waals surface area contributed by atoms with Gasteiger partial charge in [0.1, 0.15) is 5.75 Å². The molecule has 1 amide bonds. The Balaban J connectivity index is 1.70. The van der Waals surface area contributed by atoms with Crippen molar-refractivity contribution in [3.8, 4) is 5.75 Å². The van der Waals surface area contributed by atoms with Crippen LogP contribution in [0.4, 0.5) is 0 Å². The third-order valence-corrected chi connectivity index (χ3v) is 2.88. The molecule has 0 aliphatic rings. The van der Waals surface area contributed by atoms with Crippen molar-refractivity contribution in [2.24, 2.45) is 0 Å². The summed E-state index contributed by atoms with van der Waals surface area (Å²) in [7, 11) is 0. The Labute approximate surface area is 118 Å². The predicted octanol–water partition coefficient (Wildman–Crippen LogP) is 2.13. The lowest BCUT2D eigenvalue weighted by Crippen LogP contribution is -2.30. The van der Waals surface area contributed by atoms with E-state index in [-0.39, 0.29) is 12.5 Å². The molecule has 104 valence electrons. The van der Waals surface area contributed by atoms with Crippen molar-refractivity contribution in [1.82, 2.24) is 10.3 Å². The predicted molar refractivity (Wildman–Crippen MR) is 77.6 cm³/mol. The van der Waals surface area contributed by atoms with Crippen molar-refractivity contribution < 1.29 is 9.53 Å². The number of ether oxygens (including phenoxy) is 1. The van der Waals surface area contributed by atoms with Crippen LogP contribution in [0.15, 0.2) is 48.7 Å². The van der Waals surface area contributed by atoms with E-state index in [0.717, 1.165) is 23.4 Å². The summed E-state index contributed by atoms with van der Waals surface area (Å²) in [6.07, 6.45) is 2.47. The maximum absolute atomic E-state index is 11.7. The standard InChI is InChI=1S/C16H18N2O2/c1-13-6-2-3-8-15(13)20-12-16(19)18-11-9-14-7-4-5-10-17-14/h2-8,10H,9,11-12H2,1H3,(H,18,19). The lowest BCUT2D eigenvalue weighted by atomic mass is 10.2. The molecule has 4 nitrogen and oxygen atoms in total. The van der Waals surface area contributed by atoms with Gasteiger partial charge in [0.05, 0.1) is 0 Å². The summed E-state index contributed by atoms with van der Waals surface area (Å²) in [5, 5.41) is 2.82. The first-order valence-electron chi connectivity index (χ1n) is 6.61. The molecule has 0 saturated carbocycles. The van der Waals surface area contributed by atoms with Crippen LogP contribution in [0.1, 0.15) is 11.3 Å². The number of hydrogen-bond donors (Lipinski definition) is 1. The molecule has 0 bridgehead atoms. The first kappa shape index (κ1) is 14.1. The fourth-order valence-electron chi connectivity index (χ4n) is 1.79. The van der Waals surface area contributed by atoms with Crippen LogP contribution in [0.5, 0.6) is 5.75 Å². The van der Waals surface area contributed by atoms with Gasteiger partial charge in [0.25, 0.3) is 5.91 Å². The largest absolute Gasteiger partial charge is 0.484 e. The van der Waals surface area contributed by atoms with Crippen molar-refractivity contribution in [2.75, 3.05) is 13.2 Å². The summed E-state index contributed by atoms with van der Waals surface area (Å²) in [5.74, 6) is 0.622. The van der Waals surface area contributed by atoms with Gasteiger partial charge < -0.3 is 10.1 Å². The number of amides is 1. The molecule has 0 unspecified atom stereocenters. The molecule has 4 heteroatoms. The smallest absolute Gasteiger partial charge is 0.257 e. The lowest BCUT2D eigenvalue weighted by Gasteiger charge is -2.09. The van der Waals surface area contributed by atoms with E-state index in [0.29, 0.717) is 6.54 Å². The third kappa shape index (κ3) is 4.39. The highest BCUT2D eigenvalue weighted by Crippen LogP contribution is 2.15. The van der Waals surface area contributed by atoms with Crippen LogP contribution in [0, 0.1) is 6.92 Å². The summed E-state index contributed by atoms with van der Waals surface area (Å²) in [6, 6.07) is 13.4. The van der Waals surface area contributed by atoms with Gasteiger partial charge in [0.15, 0.2) is 6.61 Å². The summed E-state index contributed by atoms with van der Waals surface area (Å²) in [5.41, 5.74) is 1.99. The number of carbonyl (C=O) groups excluding carboxylic acids is 1. The van der Waals surface area contributed by atoms with Gasteiger partial charge >= 0.3 is 0 Å². The number of aromatic nitrogens is 1. The molecule has 20 heavy (non-hydrogen) atoms. The van der Waals surface area contributed by atoms with Gasteiger partial charge in [-0.15, -0.1) is 0 Å². The molecule has 0 fully saturated rings. The average molecular weight is 270 g/mol. The Morgan fingerprint density at radius 3 is 2.75 bits per heavy atom. The maximum atomic E-state index is 11.7. The van der Waals surface area contributed by atoms with Gasteiger partial charge in [0, 0.05) is 24.9 Å². The summed E-state index contributed by atoms with van der Waals surface area (Å²) in [6.45, 7) is 2.55. The quantitative estimate of drug-likeness (QED) is 0.875. The fourth-order valence-corrected chi connectivity index (χ4v) is 1.79. The Kier molecular flexibility index (Phi) is 5.12. The normalized spacial score (nSPS) is 10.1. The van der Waals surface area contributed by atoms with Crippen molar-refractivity contribution in [2.45, 2.75) is 13.3 Å². The number of benzene rings is 1. The topological polar surface area (TPSA) is 51.2 Å². The van der Waals surface area contributed by atoms with E-state index in [1.807, 2.05) is 49.4 Å². The van der Waals surface area contributed by atoms with Crippen molar-refractivity contribution in [3.63, 3.8) is 0 Å². The third-order valence-electron chi connectivity index (χ3n) is 2.88. The van der Waals surface area contributed by atoms with Crippen molar-refractivity contribution in [1.29, 1.82) is 0 Å². The first-order chi connectivity index (χ1) is 9.75. The Morgan fingerprint density at radius 1 is 1.20 bits per heavy atom. The lowest BCUT2D eigenvalue weighted by molar-refractivity contribution is -0.123. The van der Waals surface area contributed by atoms with Crippen LogP contribution in [0.3, 0.4) is 0 Å². The minimum absolute atomic E-state index is 0.0348. The average Bonchev–Trinajstić information content (AvgIpc) is 2.47. The number of para-hydroxylation sites is 1. The summed E-state index contributed by atoms with van der Waals surface area (Å²) < 4.78 is 5.47. The molecule has 0 aliphatic carbocycles. The molecule has 2 rings (SSSR count). The Morgan fingerprint density at radius 2 is 2.00 bits per heavy atom. The molecule has 0 spiro atoms. The molecular formula is C16H18N2O2. The van der Waals surface area contributed by atoms with E-state index >= 15 is 0 Å².